The van der Waals surface area contributed by atoms with Crippen LogP contribution in [0.1, 0.15) is 42.4 Å². The summed E-state index contributed by atoms with van der Waals surface area (Å²) < 4.78 is 10.0. The molecule has 2 aliphatic rings. The molecular weight excluding hydrogens is 280 g/mol. The van der Waals surface area contributed by atoms with Crippen molar-refractivity contribution in [2.45, 2.75) is 44.3 Å². The summed E-state index contributed by atoms with van der Waals surface area (Å²) in [5, 5.41) is 14.6. The summed E-state index contributed by atoms with van der Waals surface area (Å²) in [6.07, 6.45) is 3.75. The van der Waals surface area contributed by atoms with E-state index in [1.54, 1.807) is 0 Å². The predicted molar refractivity (Wildman–Crippen MR) is 77.6 cm³/mol. The van der Waals surface area contributed by atoms with Gasteiger partial charge in [-0.25, -0.2) is 0 Å². The van der Waals surface area contributed by atoms with E-state index in [4.69, 9.17) is 4.74 Å². The maximum absolute atomic E-state index is 10.6. The lowest BCUT2D eigenvalue weighted by molar-refractivity contribution is -0.121. The molecule has 0 saturated carbocycles. The lowest BCUT2D eigenvalue weighted by Crippen LogP contribution is -2.44. The summed E-state index contributed by atoms with van der Waals surface area (Å²) in [6, 6.07) is 0. The minimum atomic E-state index is -0.421. The smallest absolute Gasteiger partial charge is 0.0946 e. The minimum absolute atomic E-state index is 0.0289. The highest BCUT2D eigenvalue weighted by Crippen LogP contribution is 2.44. The van der Waals surface area contributed by atoms with E-state index in [0.717, 1.165) is 42.9 Å². The number of aryl methyl sites for hydroxylation is 1. The zero-order valence-corrected chi connectivity index (χ0v) is 12.8. The standard InChI is InChI=1S/C13H20N2O2S2/c1-9-12(19-15-14-9)11(16)10-2-5-17-13(8-10)3-6-18-7-4-13/h10-11,16H,2-8H2,1H3. The van der Waals surface area contributed by atoms with Crippen LogP contribution < -0.4 is 0 Å². The van der Waals surface area contributed by atoms with E-state index in [2.05, 4.69) is 9.59 Å². The van der Waals surface area contributed by atoms with Gasteiger partial charge in [-0.15, -0.1) is 5.10 Å². The average Bonchev–Trinajstić information content (AvgIpc) is 2.85. The predicted octanol–water partition coefficient (Wildman–Crippen LogP) is 2.57. The molecule has 3 rings (SSSR count). The topological polar surface area (TPSA) is 55.2 Å². The molecule has 1 N–H and O–H groups in total. The first-order valence-electron chi connectivity index (χ1n) is 6.89. The first-order chi connectivity index (χ1) is 9.20. The SMILES string of the molecule is Cc1nnsc1C(O)C1CCOC2(CCSCC2)C1. The van der Waals surface area contributed by atoms with Crippen molar-refractivity contribution in [1.82, 2.24) is 9.59 Å². The summed E-state index contributed by atoms with van der Waals surface area (Å²) in [5.41, 5.74) is 0.901. The first kappa shape index (κ1) is 13.8. The monoisotopic (exact) mass is 300 g/mol. The van der Waals surface area contributed by atoms with Gasteiger partial charge in [0.15, 0.2) is 0 Å². The van der Waals surface area contributed by atoms with Crippen LogP contribution in [0.3, 0.4) is 0 Å². The molecule has 3 heterocycles. The van der Waals surface area contributed by atoms with Gasteiger partial charge in [-0.3, -0.25) is 0 Å². The Bertz CT molecular complexity index is 427. The molecule has 0 aliphatic carbocycles. The minimum Gasteiger partial charge on any atom is -0.387 e. The fourth-order valence-corrected chi connectivity index (χ4v) is 5.11. The molecule has 0 bridgehead atoms. The van der Waals surface area contributed by atoms with Gasteiger partial charge in [-0.1, -0.05) is 4.49 Å². The fraction of sp³-hybridized carbons (Fsp3) is 0.846. The second kappa shape index (κ2) is 5.68. The molecule has 106 valence electrons. The summed E-state index contributed by atoms with van der Waals surface area (Å²) in [7, 11) is 0. The number of nitrogens with zero attached hydrogens (tertiary/aromatic N) is 2. The highest BCUT2D eigenvalue weighted by Gasteiger charge is 2.41. The zero-order valence-electron chi connectivity index (χ0n) is 11.2. The molecular formula is C13H20N2O2S2. The Morgan fingerprint density at radius 1 is 1.42 bits per heavy atom. The van der Waals surface area contributed by atoms with E-state index in [-0.39, 0.29) is 11.5 Å². The van der Waals surface area contributed by atoms with Gasteiger partial charge in [0.25, 0.3) is 0 Å². The third-order valence-corrected chi connectivity index (χ3v) is 6.22. The highest BCUT2D eigenvalue weighted by atomic mass is 32.2. The van der Waals surface area contributed by atoms with Gasteiger partial charge in [-0.2, -0.15) is 11.8 Å². The van der Waals surface area contributed by atoms with Gasteiger partial charge < -0.3 is 9.84 Å². The summed E-state index contributed by atoms with van der Waals surface area (Å²) in [4.78, 5) is 0.937. The van der Waals surface area contributed by atoms with Gasteiger partial charge in [0.1, 0.15) is 0 Å². The van der Waals surface area contributed by atoms with E-state index in [0.29, 0.717) is 0 Å². The van der Waals surface area contributed by atoms with Crippen LogP contribution in [0, 0.1) is 12.8 Å². The Kier molecular flexibility index (Phi) is 4.12. The number of ether oxygens (including phenoxy) is 1. The van der Waals surface area contributed by atoms with Crippen molar-refractivity contribution in [2.24, 2.45) is 5.92 Å². The Morgan fingerprint density at radius 2 is 2.21 bits per heavy atom. The molecule has 1 aromatic rings. The molecule has 1 aromatic heterocycles. The van der Waals surface area contributed by atoms with Gasteiger partial charge in [-0.05, 0) is 61.6 Å². The zero-order chi connectivity index (χ0) is 13.3. The van der Waals surface area contributed by atoms with E-state index in [1.165, 1.54) is 23.0 Å². The molecule has 2 aliphatic heterocycles. The summed E-state index contributed by atoms with van der Waals surface area (Å²) >= 11 is 3.34. The molecule has 4 nitrogen and oxygen atoms in total. The Morgan fingerprint density at radius 3 is 2.89 bits per heavy atom. The van der Waals surface area contributed by atoms with Crippen LogP contribution in [0.2, 0.25) is 0 Å². The molecule has 0 amide bonds. The average molecular weight is 300 g/mol. The molecule has 0 radical (unpaired) electrons. The number of aliphatic hydroxyl groups excluding tert-OH is 1. The lowest BCUT2D eigenvalue weighted by atomic mass is 9.79. The van der Waals surface area contributed by atoms with Crippen LogP contribution in [0.15, 0.2) is 0 Å². The molecule has 6 heteroatoms. The molecule has 2 atom stereocenters. The third kappa shape index (κ3) is 2.82. The second-order valence-electron chi connectivity index (χ2n) is 5.56. The molecule has 1 spiro atoms. The number of aliphatic hydroxyl groups is 1. The molecule has 2 fully saturated rings. The van der Waals surface area contributed by atoms with Crippen LogP contribution in [-0.4, -0.2) is 38.4 Å². The van der Waals surface area contributed by atoms with Crippen LogP contribution in [0.4, 0.5) is 0 Å². The van der Waals surface area contributed by atoms with Crippen LogP contribution in [0.25, 0.3) is 0 Å². The van der Waals surface area contributed by atoms with Gasteiger partial charge in [0.05, 0.1) is 22.3 Å². The summed E-state index contributed by atoms with van der Waals surface area (Å²) in [5.74, 6) is 2.66. The number of hydrogen-bond donors (Lipinski definition) is 1. The largest absolute Gasteiger partial charge is 0.387 e. The van der Waals surface area contributed by atoms with Crippen molar-refractivity contribution in [2.75, 3.05) is 18.1 Å². The Labute approximate surface area is 122 Å². The normalized spacial score (nSPS) is 28.4. The van der Waals surface area contributed by atoms with Gasteiger partial charge in [0.2, 0.25) is 0 Å². The molecule has 2 unspecified atom stereocenters. The summed E-state index contributed by atoms with van der Waals surface area (Å²) in [6.45, 7) is 2.70. The van der Waals surface area contributed by atoms with Crippen molar-refractivity contribution in [3.63, 3.8) is 0 Å². The second-order valence-corrected chi connectivity index (χ2v) is 7.57. The fourth-order valence-electron chi connectivity index (χ4n) is 3.15. The number of aromatic nitrogens is 2. The number of thioether (sulfide) groups is 1. The maximum atomic E-state index is 10.6. The number of hydrogen-bond acceptors (Lipinski definition) is 6. The quantitative estimate of drug-likeness (QED) is 0.910. The van der Waals surface area contributed by atoms with Crippen LogP contribution in [-0.2, 0) is 4.74 Å². The highest BCUT2D eigenvalue weighted by molar-refractivity contribution is 7.99. The number of rotatable bonds is 2. The van der Waals surface area contributed by atoms with Crippen molar-refractivity contribution in [3.8, 4) is 0 Å². The van der Waals surface area contributed by atoms with Crippen LogP contribution >= 0.6 is 23.3 Å². The van der Waals surface area contributed by atoms with Gasteiger partial charge in [0, 0.05) is 6.61 Å². The third-order valence-electron chi connectivity index (χ3n) is 4.34. The van der Waals surface area contributed by atoms with E-state index < -0.39 is 6.10 Å². The van der Waals surface area contributed by atoms with Crippen molar-refractivity contribution in [1.29, 1.82) is 0 Å². The van der Waals surface area contributed by atoms with Crippen molar-refractivity contribution >= 4 is 23.3 Å². The first-order valence-corrected chi connectivity index (χ1v) is 8.82. The molecule has 2 saturated heterocycles. The van der Waals surface area contributed by atoms with Crippen molar-refractivity contribution < 1.29 is 9.84 Å². The maximum Gasteiger partial charge on any atom is 0.0946 e. The van der Waals surface area contributed by atoms with Crippen LogP contribution in [0.5, 0.6) is 0 Å². The van der Waals surface area contributed by atoms with E-state index in [1.807, 2.05) is 18.7 Å². The molecule has 19 heavy (non-hydrogen) atoms. The van der Waals surface area contributed by atoms with E-state index in [9.17, 15) is 5.11 Å². The molecule has 0 aromatic carbocycles. The Balaban J connectivity index is 1.72. The van der Waals surface area contributed by atoms with E-state index >= 15 is 0 Å². The lowest BCUT2D eigenvalue weighted by Gasteiger charge is -2.44. The van der Waals surface area contributed by atoms with Gasteiger partial charge >= 0.3 is 0 Å². The Hall–Kier alpha value is -0.170. The van der Waals surface area contributed by atoms with Crippen molar-refractivity contribution in [3.05, 3.63) is 10.6 Å².